The quantitative estimate of drug-likeness (QED) is 0.0898. The van der Waals surface area contributed by atoms with Crippen LogP contribution in [-0.2, 0) is 0 Å². The number of thiazole rings is 1. The van der Waals surface area contributed by atoms with Crippen LogP contribution in [0.3, 0.4) is 0 Å². The monoisotopic (exact) mass is 1960 g/mol. The summed E-state index contributed by atoms with van der Waals surface area (Å²) in [6, 6.07) is 103. The predicted octanol–water partition coefficient (Wildman–Crippen LogP) is 25.0. The van der Waals surface area contributed by atoms with Crippen LogP contribution in [0.5, 0.6) is 5.75 Å². The molecule has 0 spiro atoms. The average molecular weight is 1960 g/mol. The van der Waals surface area contributed by atoms with Crippen molar-refractivity contribution < 1.29 is 9.13 Å². The van der Waals surface area contributed by atoms with Crippen molar-refractivity contribution >= 4 is 105 Å². The number of imidazole rings is 5. The minimum atomic E-state index is -0.232. The zero-order chi connectivity index (χ0) is 98.4. The van der Waals surface area contributed by atoms with E-state index in [9.17, 15) is 4.39 Å². The summed E-state index contributed by atoms with van der Waals surface area (Å²) >= 11 is 5.21. The first-order chi connectivity index (χ1) is 71.1. The minimum Gasteiger partial charge on any atom is -0.491 e. The predicted molar refractivity (Wildman–Crippen MR) is 596 cm³/mol. The second-order valence-electron chi connectivity index (χ2n) is 37.8. The van der Waals surface area contributed by atoms with Crippen LogP contribution in [0.4, 0.5) is 27.1 Å². The van der Waals surface area contributed by atoms with Crippen LogP contribution in [0.1, 0.15) is 19.4 Å². The maximum Gasteiger partial charge on any atom is 0.137 e. The highest BCUT2D eigenvalue weighted by Crippen LogP contribution is 2.39. The highest BCUT2D eigenvalue weighted by molar-refractivity contribution is 7.22. The largest absolute Gasteiger partial charge is 0.491 e. The number of nitrogens with zero attached hydrogens (tertiary/aromatic N) is 20. The summed E-state index contributed by atoms with van der Waals surface area (Å²) in [5.74, 6) is 0.667. The fourth-order valence-electron chi connectivity index (χ4n) is 19.4. The summed E-state index contributed by atoms with van der Waals surface area (Å²) in [5, 5.41) is 12.4. The molecule has 0 bridgehead atoms. The molecule has 722 valence electrons. The number of benzene rings is 9. The topological polar surface area (TPSA) is 158 Å². The number of ether oxygens (including phenoxy) is 1. The first-order valence-corrected chi connectivity index (χ1v) is 52.1. The van der Waals surface area contributed by atoms with E-state index in [4.69, 9.17) is 15.0 Å². The Balaban J connectivity index is 0.000000104. The summed E-state index contributed by atoms with van der Waals surface area (Å²) in [6.45, 7) is 21.7. The van der Waals surface area contributed by atoms with Crippen LogP contribution < -0.4 is 24.3 Å². The normalized spacial score (nSPS) is 14.4. The van der Waals surface area contributed by atoms with Crippen LogP contribution in [0.2, 0.25) is 0 Å². The number of nitriles is 1. The van der Waals surface area contributed by atoms with Gasteiger partial charge >= 0.3 is 0 Å². The Kier molecular flexibility index (Phi) is 27.5. The van der Waals surface area contributed by atoms with Gasteiger partial charge in [0.2, 0.25) is 0 Å². The molecular weight excluding hydrogens is 1850 g/mol. The third kappa shape index (κ3) is 21.1. The maximum atomic E-state index is 13.2. The Morgan fingerprint density at radius 3 is 1.01 bits per heavy atom. The number of hydrogen-bond acceptors (Lipinski definition) is 19. The molecule has 25 heteroatoms. The van der Waals surface area contributed by atoms with Gasteiger partial charge in [0, 0.05) is 180 Å². The van der Waals surface area contributed by atoms with Gasteiger partial charge in [0.05, 0.1) is 103 Å². The summed E-state index contributed by atoms with van der Waals surface area (Å²) in [7, 11) is 8.74. The SMILES string of the molecule is CC(C)Oc1ccc(-c2ccn3c(-c4cccs4)cnc3c2)cc1.CN1CCN(c2ccc(-c3ccn4c(-c5cc6ccccc6s5)cnc4c3)cc2)CC1.CN1CCN(c2ccc(-c3ccn4c(-c5ccc(C#N)cc5)cnc4c3)cc2)CC1.CN1CCN(c2ccc(-c3ccn4c(-c5ccc(F)cc5)cnc4c3)cc2)CC1.CN1CCN(c2ccc(-c3ccn4c(-c5ccc6scnc6c5)cnc4c3)cc2)CC1. The second-order valence-corrected chi connectivity index (χ2v) is 40.7. The van der Waals surface area contributed by atoms with Crippen LogP contribution >= 0.6 is 34.0 Å². The van der Waals surface area contributed by atoms with Crippen molar-refractivity contribution in [3.8, 4) is 122 Å². The molecule has 0 saturated carbocycles. The molecule has 4 aliphatic rings. The Hall–Kier alpha value is -15.8. The molecule has 21 nitrogen and oxygen atoms in total. The molecule has 22 aromatic rings. The highest BCUT2D eigenvalue weighted by atomic mass is 32.1. The molecule has 0 radical (unpaired) electrons. The maximum absolute atomic E-state index is 13.2. The molecule has 145 heavy (non-hydrogen) atoms. The van der Waals surface area contributed by atoms with Gasteiger partial charge in [0.1, 0.15) is 39.8 Å². The van der Waals surface area contributed by atoms with Crippen molar-refractivity contribution in [3.05, 3.63) is 375 Å². The molecular formula is C120H111FN20OS3. The van der Waals surface area contributed by atoms with Crippen LogP contribution in [0.15, 0.2) is 364 Å². The van der Waals surface area contributed by atoms with Gasteiger partial charge in [-0.2, -0.15) is 5.26 Å². The molecule has 0 unspecified atom stereocenters. The standard InChI is InChI=1S/C26H24N4S.C25H23N5S.C25H23N5.C24H23FN4.C20H18N2OS/c1-28-12-14-29(15-13-28)22-8-6-19(7-9-22)20-10-11-30-23(18-27-26(30)17-20)25-16-21-4-2-3-5-24(21)31-25;1-28-10-12-29(13-11-28)21-5-2-18(3-6-21)19-8-9-30-23(16-26-25(30)15-19)20-4-7-24-22(14-20)27-17-31-24;1-28-12-14-29(15-13-28)23-8-6-20(7-9-23)22-10-11-30-24(18-27-25(30)16-22)21-4-2-19(17-26)3-5-21;1-27-12-14-28(15-13-27)22-8-4-18(5-9-22)20-10-11-29-23(17-26-24(29)16-20)19-2-6-21(25)7-3-19;1-14(2)23-17-7-5-15(6-8-17)16-9-10-22-18(13-21-20(22)12-16)19-4-3-11-24-19/h2-11,16-18H,12-15H2,1H3;2-9,14-17H,10-13H2,1H3;2-11,16,18H,12-15H2,1H3;2-11,16-17H,12-15H2,1H3;3-14H,1-2H3. The van der Waals surface area contributed by atoms with E-state index in [1.165, 1.54) is 92.8 Å². The molecule has 26 rings (SSSR count). The molecule has 0 aliphatic carbocycles. The molecule has 4 aliphatic heterocycles. The van der Waals surface area contributed by atoms with E-state index in [1.807, 2.05) is 109 Å². The smallest absolute Gasteiger partial charge is 0.137 e. The van der Waals surface area contributed by atoms with Crippen molar-refractivity contribution in [1.29, 1.82) is 5.26 Å². The Labute approximate surface area is 855 Å². The number of fused-ring (bicyclic) bond motifs is 7. The molecule has 0 amide bonds. The van der Waals surface area contributed by atoms with Gasteiger partial charge in [-0.25, -0.2) is 34.3 Å². The molecule has 17 heterocycles. The highest BCUT2D eigenvalue weighted by Gasteiger charge is 2.23. The van der Waals surface area contributed by atoms with E-state index in [0.29, 0.717) is 5.56 Å². The molecule has 9 aromatic carbocycles. The summed E-state index contributed by atoms with van der Waals surface area (Å²) in [6.07, 6.45) is 20.2. The van der Waals surface area contributed by atoms with E-state index in [-0.39, 0.29) is 11.9 Å². The minimum absolute atomic E-state index is 0.188. The first-order valence-electron chi connectivity index (χ1n) is 49.5. The van der Waals surface area contributed by atoms with Gasteiger partial charge in [-0.1, -0.05) is 103 Å². The number of rotatable bonds is 16. The van der Waals surface area contributed by atoms with E-state index >= 15 is 0 Å². The van der Waals surface area contributed by atoms with Gasteiger partial charge in [-0.3, -0.25) is 22.0 Å². The van der Waals surface area contributed by atoms with Gasteiger partial charge in [0.25, 0.3) is 0 Å². The Bertz CT molecular complexity index is 8080. The lowest BCUT2D eigenvalue weighted by Gasteiger charge is -2.34. The number of pyridine rings is 5. The summed E-state index contributed by atoms with van der Waals surface area (Å²) in [4.78, 5) is 49.4. The van der Waals surface area contributed by atoms with Gasteiger partial charge in [0.15, 0.2) is 0 Å². The van der Waals surface area contributed by atoms with Crippen LogP contribution in [0.25, 0.3) is 159 Å². The average Bonchev–Trinajstić information content (AvgIpc) is 1.63. The number of thiophene rings is 2. The lowest BCUT2D eigenvalue weighted by Crippen LogP contribution is -2.44. The number of piperazine rings is 4. The number of aromatic nitrogens is 11. The number of anilines is 4. The van der Waals surface area contributed by atoms with Crippen molar-refractivity contribution in [1.82, 2.24) is 71.5 Å². The fraction of sp³-hybridized carbons (Fsp3) is 0.192. The van der Waals surface area contributed by atoms with Crippen molar-refractivity contribution in [2.24, 2.45) is 0 Å². The lowest BCUT2D eigenvalue weighted by atomic mass is 10.1. The molecule has 4 fully saturated rings. The van der Waals surface area contributed by atoms with E-state index < -0.39 is 0 Å². The molecule has 0 atom stereocenters. The van der Waals surface area contributed by atoms with Gasteiger partial charge < -0.3 is 43.9 Å². The molecule has 13 aromatic heterocycles. The van der Waals surface area contributed by atoms with Gasteiger partial charge in [-0.15, -0.1) is 34.0 Å². The van der Waals surface area contributed by atoms with Gasteiger partial charge in [-0.05, 0) is 296 Å². The fourth-order valence-corrected chi connectivity index (χ4v) is 21.9. The van der Waals surface area contributed by atoms with E-state index in [2.05, 4.69) is 377 Å². The number of likely N-dealkylation sites (N-methyl/N-ethyl adjacent to an activating group) is 4. The van der Waals surface area contributed by atoms with Crippen LogP contribution in [-0.4, -0.2) is 211 Å². The zero-order valence-electron chi connectivity index (χ0n) is 82.0. The molecule has 0 N–H and O–H groups in total. The second kappa shape index (κ2) is 42.4. The first kappa shape index (κ1) is 94.2. The third-order valence-electron chi connectivity index (χ3n) is 27.9. The lowest BCUT2D eigenvalue weighted by molar-refractivity contribution is 0.242. The van der Waals surface area contributed by atoms with Crippen LogP contribution in [0, 0.1) is 17.1 Å². The van der Waals surface area contributed by atoms with Crippen molar-refractivity contribution in [2.75, 3.05) is 153 Å². The third-order valence-corrected chi connectivity index (χ3v) is 30.8. The molecule has 4 saturated heterocycles. The Morgan fingerprint density at radius 1 is 0.303 bits per heavy atom. The Morgan fingerprint density at radius 2 is 0.641 bits per heavy atom. The summed E-state index contributed by atoms with van der Waals surface area (Å²) < 4.78 is 32.0. The number of halogens is 1. The van der Waals surface area contributed by atoms with E-state index in [1.54, 1.807) is 34.8 Å². The van der Waals surface area contributed by atoms with E-state index in [0.717, 1.165) is 212 Å². The van der Waals surface area contributed by atoms with Crippen molar-refractivity contribution in [3.63, 3.8) is 0 Å². The van der Waals surface area contributed by atoms with Crippen molar-refractivity contribution in [2.45, 2.75) is 20.0 Å². The zero-order valence-corrected chi connectivity index (χ0v) is 84.4. The summed E-state index contributed by atoms with van der Waals surface area (Å²) in [5.41, 5.74) is 33.7. The number of hydrogen-bond donors (Lipinski definition) is 0.